The molecule has 0 bridgehead atoms. The van der Waals surface area contributed by atoms with Gasteiger partial charge in [0, 0.05) is 38.9 Å². The van der Waals surface area contributed by atoms with E-state index in [1.54, 1.807) is 0 Å². The third-order valence-corrected chi connectivity index (χ3v) is 11.3. The summed E-state index contributed by atoms with van der Waals surface area (Å²) in [5.74, 6) is 1.96. The molecule has 1 atom stereocenters. The minimum atomic E-state index is 0.0949. The normalized spacial score (nSPS) is 13.4. The molecule has 4 heteroatoms. The second kappa shape index (κ2) is 13.7. The molecule has 0 saturated heterocycles. The average molecular weight is 730 g/mol. The topological polar surface area (TPSA) is 51.8 Å². The number of fused-ring (bicyclic) bond motifs is 6. The van der Waals surface area contributed by atoms with Crippen LogP contribution in [0.4, 0.5) is 0 Å². The Bertz CT molecular complexity index is 3030. The minimum Gasteiger partial charge on any atom is -0.456 e. The molecule has 1 unspecified atom stereocenters. The lowest BCUT2D eigenvalue weighted by molar-refractivity contribution is 0.654. The van der Waals surface area contributed by atoms with E-state index in [-0.39, 0.29) is 5.92 Å². The van der Waals surface area contributed by atoms with E-state index >= 15 is 0 Å². The number of furan rings is 1. The molecule has 57 heavy (non-hydrogen) atoms. The largest absolute Gasteiger partial charge is 0.456 e. The van der Waals surface area contributed by atoms with Gasteiger partial charge in [0.2, 0.25) is 0 Å². The Morgan fingerprint density at radius 1 is 0.368 bits per heavy atom. The van der Waals surface area contributed by atoms with Gasteiger partial charge in [-0.15, -0.1) is 0 Å². The third-order valence-electron chi connectivity index (χ3n) is 11.3. The first-order valence-corrected chi connectivity index (χ1v) is 19.4. The molecule has 0 fully saturated rings. The lowest BCUT2D eigenvalue weighted by Gasteiger charge is -2.29. The van der Waals surface area contributed by atoms with E-state index in [1.807, 2.05) is 60.7 Å². The maximum absolute atomic E-state index is 6.95. The molecule has 0 radical (unpaired) electrons. The monoisotopic (exact) mass is 729 g/mol. The Hall–Kier alpha value is -7.43. The summed E-state index contributed by atoms with van der Waals surface area (Å²) in [4.78, 5) is 14.9. The molecule has 0 aliphatic heterocycles. The summed E-state index contributed by atoms with van der Waals surface area (Å²) in [5.41, 5.74) is 15.8. The van der Waals surface area contributed by atoms with E-state index in [0.717, 1.165) is 45.0 Å². The van der Waals surface area contributed by atoms with Crippen LogP contribution >= 0.6 is 0 Å². The molecule has 1 aliphatic carbocycles. The summed E-state index contributed by atoms with van der Waals surface area (Å²) in [5, 5.41) is 2.17. The highest BCUT2D eigenvalue weighted by molar-refractivity contribution is 6.07. The van der Waals surface area contributed by atoms with E-state index in [2.05, 4.69) is 133 Å². The zero-order chi connectivity index (χ0) is 37.7. The first kappa shape index (κ1) is 33.0. The molecule has 0 N–H and O–H groups in total. The van der Waals surface area contributed by atoms with E-state index in [4.69, 9.17) is 19.4 Å². The van der Waals surface area contributed by atoms with Crippen molar-refractivity contribution in [1.29, 1.82) is 0 Å². The maximum Gasteiger partial charge on any atom is 0.164 e. The van der Waals surface area contributed by atoms with Crippen molar-refractivity contribution in [2.75, 3.05) is 0 Å². The average Bonchev–Trinajstić information content (AvgIpc) is 3.68. The Balaban J connectivity index is 1.05. The van der Waals surface area contributed by atoms with Crippen LogP contribution < -0.4 is 0 Å². The van der Waals surface area contributed by atoms with Gasteiger partial charge >= 0.3 is 0 Å². The van der Waals surface area contributed by atoms with Crippen molar-refractivity contribution in [1.82, 2.24) is 15.0 Å². The van der Waals surface area contributed by atoms with E-state index in [0.29, 0.717) is 17.5 Å². The Morgan fingerprint density at radius 2 is 0.912 bits per heavy atom. The van der Waals surface area contributed by atoms with Gasteiger partial charge in [-0.05, 0) is 69.1 Å². The number of rotatable bonds is 6. The lowest BCUT2D eigenvalue weighted by atomic mass is 9.74. The van der Waals surface area contributed by atoms with Gasteiger partial charge in [-0.25, -0.2) is 15.0 Å². The van der Waals surface area contributed by atoms with Crippen LogP contribution in [-0.4, -0.2) is 15.0 Å². The molecule has 268 valence electrons. The van der Waals surface area contributed by atoms with Gasteiger partial charge in [0.1, 0.15) is 11.2 Å². The SMILES string of the molecule is c1ccc(-c2ccc3c(c2)CC(c2cccc4c2oc2cc(-c5nc(-c6ccccc6)nc(-c6ccccc6)n5)ccc24)c2ccc(-c4ccccc4)cc2-3)cc1. The van der Waals surface area contributed by atoms with Gasteiger partial charge in [-0.3, -0.25) is 0 Å². The van der Waals surface area contributed by atoms with Gasteiger partial charge in [0.25, 0.3) is 0 Å². The summed E-state index contributed by atoms with van der Waals surface area (Å²) in [7, 11) is 0. The fraction of sp³-hybridized carbons (Fsp3) is 0.0377. The van der Waals surface area contributed by atoms with E-state index in [1.165, 1.54) is 50.1 Å². The summed E-state index contributed by atoms with van der Waals surface area (Å²) in [6, 6.07) is 68.4. The molecule has 0 saturated carbocycles. The van der Waals surface area contributed by atoms with Crippen molar-refractivity contribution in [3.8, 4) is 67.5 Å². The minimum absolute atomic E-state index is 0.0949. The lowest BCUT2D eigenvalue weighted by Crippen LogP contribution is -2.13. The zero-order valence-corrected chi connectivity index (χ0v) is 31.0. The van der Waals surface area contributed by atoms with Crippen LogP contribution in [-0.2, 0) is 6.42 Å². The predicted molar refractivity (Wildman–Crippen MR) is 232 cm³/mol. The first-order chi connectivity index (χ1) is 28.2. The molecule has 4 nitrogen and oxygen atoms in total. The molecule has 2 aromatic heterocycles. The van der Waals surface area contributed by atoms with Crippen LogP contribution in [0.3, 0.4) is 0 Å². The van der Waals surface area contributed by atoms with E-state index in [9.17, 15) is 0 Å². The maximum atomic E-state index is 6.95. The smallest absolute Gasteiger partial charge is 0.164 e. The summed E-state index contributed by atoms with van der Waals surface area (Å²) in [6.45, 7) is 0. The van der Waals surface area contributed by atoms with Crippen LogP contribution in [0, 0.1) is 0 Å². The van der Waals surface area contributed by atoms with Crippen LogP contribution in [0.15, 0.2) is 199 Å². The fourth-order valence-corrected chi connectivity index (χ4v) is 8.52. The number of aromatic nitrogens is 3. The Kier molecular flexibility index (Phi) is 7.92. The molecular formula is C53H35N3O. The number of para-hydroxylation sites is 1. The quantitative estimate of drug-likeness (QED) is 0.171. The molecule has 0 amide bonds. The summed E-state index contributed by atoms with van der Waals surface area (Å²) >= 11 is 0. The highest BCUT2D eigenvalue weighted by atomic mass is 16.3. The zero-order valence-electron chi connectivity index (χ0n) is 31.0. The van der Waals surface area contributed by atoms with Crippen molar-refractivity contribution in [2.24, 2.45) is 0 Å². The third kappa shape index (κ3) is 5.90. The first-order valence-electron chi connectivity index (χ1n) is 19.4. The number of hydrogen-bond donors (Lipinski definition) is 0. The number of benzene rings is 8. The van der Waals surface area contributed by atoms with Crippen molar-refractivity contribution < 1.29 is 4.42 Å². The van der Waals surface area contributed by atoms with Gasteiger partial charge in [0.05, 0.1) is 0 Å². The molecule has 1 aliphatic rings. The van der Waals surface area contributed by atoms with Gasteiger partial charge in [-0.2, -0.15) is 0 Å². The van der Waals surface area contributed by atoms with Crippen LogP contribution in [0.2, 0.25) is 0 Å². The molecule has 0 spiro atoms. The second-order valence-electron chi connectivity index (χ2n) is 14.7. The van der Waals surface area contributed by atoms with Gasteiger partial charge in [-0.1, -0.05) is 176 Å². The summed E-state index contributed by atoms with van der Waals surface area (Å²) < 4.78 is 6.95. The Labute approximate surface area is 330 Å². The van der Waals surface area contributed by atoms with Crippen molar-refractivity contribution >= 4 is 21.9 Å². The molecule has 10 aromatic rings. The fourth-order valence-electron chi connectivity index (χ4n) is 8.52. The molecule has 2 heterocycles. The second-order valence-corrected chi connectivity index (χ2v) is 14.7. The van der Waals surface area contributed by atoms with E-state index < -0.39 is 0 Å². The highest BCUT2D eigenvalue weighted by Gasteiger charge is 2.29. The van der Waals surface area contributed by atoms with Gasteiger partial charge < -0.3 is 4.42 Å². The van der Waals surface area contributed by atoms with Crippen molar-refractivity contribution in [2.45, 2.75) is 12.3 Å². The number of hydrogen-bond acceptors (Lipinski definition) is 4. The van der Waals surface area contributed by atoms with Crippen molar-refractivity contribution in [3.05, 3.63) is 211 Å². The van der Waals surface area contributed by atoms with Crippen LogP contribution in [0.25, 0.3) is 89.5 Å². The van der Waals surface area contributed by atoms with Crippen molar-refractivity contribution in [3.63, 3.8) is 0 Å². The van der Waals surface area contributed by atoms with Gasteiger partial charge in [0.15, 0.2) is 17.5 Å². The van der Waals surface area contributed by atoms with Crippen LogP contribution in [0.5, 0.6) is 0 Å². The highest BCUT2D eigenvalue weighted by Crippen LogP contribution is 2.47. The Morgan fingerprint density at radius 3 is 1.54 bits per heavy atom. The molecule has 8 aromatic carbocycles. The predicted octanol–water partition coefficient (Wildman–Crippen LogP) is 13.5. The summed E-state index contributed by atoms with van der Waals surface area (Å²) in [6.07, 6.45) is 0.866. The van der Waals surface area contributed by atoms with Crippen LogP contribution in [0.1, 0.15) is 22.6 Å². The molecular weight excluding hydrogens is 695 g/mol. The standard InChI is InChI=1S/C53H35N3O/c1-5-14-34(15-6-1)38-24-27-42-41(30-38)32-48(43-28-25-39(31-47(42)43)35-16-7-2-8-17-35)46-23-13-22-45-44-29-26-40(33-49(44)57-50(45)46)53-55-51(36-18-9-3-10-19-36)54-52(56-53)37-20-11-4-12-21-37/h1-31,33,48H,32H2. The number of nitrogens with zero attached hydrogens (tertiary/aromatic N) is 3. The molecule has 11 rings (SSSR count).